The first-order valence-corrected chi connectivity index (χ1v) is 11.6. The quantitative estimate of drug-likeness (QED) is 0.378. The van der Waals surface area contributed by atoms with E-state index in [1.807, 2.05) is 52.0 Å². The topological polar surface area (TPSA) is 68.9 Å². The van der Waals surface area contributed by atoms with E-state index in [0.29, 0.717) is 5.56 Å². The maximum absolute atomic E-state index is 11.8. The Labute approximate surface area is 196 Å². The van der Waals surface area contributed by atoms with Crippen LogP contribution in [0.3, 0.4) is 0 Å². The summed E-state index contributed by atoms with van der Waals surface area (Å²) in [6, 6.07) is 13.7. The van der Waals surface area contributed by atoms with Gasteiger partial charge in [0, 0.05) is 11.3 Å². The lowest BCUT2D eigenvalue weighted by Gasteiger charge is -2.26. The van der Waals surface area contributed by atoms with Gasteiger partial charge < -0.3 is 19.0 Å². The highest BCUT2D eigenvalue weighted by molar-refractivity contribution is 5.94. The first-order chi connectivity index (χ1) is 15.6. The largest absolute Gasteiger partial charge is 0.491 e. The first kappa shape index (κ1) is 24.8. The summed E-state index contributed by atoms with van der Waals surface area (Å²) < 4.78 is 16.8. The summed E-state index contributed by atoms with van der Waals surface area (Å²) in [7, 11) is 1.38. The molecule has 0 aliphatic carbocycles. The molecule has 2 aromatic carbocycles. The van der Waals surface area contributed by atoms with E-state index in [9.17, 15) is 9.90 Å². The fraction of sp³-hybridized carbons (Fsp3) is 0.464. The molecule has 33 heavy (non-hydrogen) atoms. The van der Waals surface area contributed by atoms with Gasteiger partial charge in [0.2, 0.25) is 0 Å². The van der Waals surface area contributed by atoms with E-state index in [4.69, 9.17) is 13.9 Å². The van der Waals surface area contributed by atoms with E-state index in [-0.39, 0.29) is 23.9 Å². The highest BCUT2D eigenvalue weighted by Gasteiger charge is 2.23. The van der Waals surface area contributed by atoms with Gasteiger partial charge in [-0.15, -0.1) is 0 Å². The van der Waals surface area contributed by atoms with Gasteiger partial charge in [0.05, 0.1) is 18.8 Å². The Morgan fingerprint density at radius 1 is 1.12 bits per heavy atom. The second-order valence-corrected chi connectivity index (χ2v) is 9.83. The Bertz CT molecular complexity index is 1090. The number of fused-ring (bicyclic) bond motifs is 1. The molecule has 3 aromatic rings. The van der Waals surface area contributed by atoms with Crippen molar-refractivity contribution in [2.75, 3.05) is 13.7 Å². The number of methoxy groups -OCH3 is 1. The van der Waals surface area contributed by atoms with Crippen LogP contribution >= 0.6 is 0 Å². The van der Waals surface area contributed by atoms with Gasteiger partial charge in [0.15, 0.2) is 0 Å². The second-order valence-electron chi connectivity index (χ2n) is 9.83. The number of hydrogen-bond acceptors (Lipinski definition) is 5. The van der Waals surface area contributed by atoms with E-state index < -0.39 is 6.10 Å². The van der Waals surface area contributed by atoms with Crippen molar-refractivity contribution in [2.45, 2.75) is 65.9 Å². The smallest absolute Gasteiger partial charge is 0.337 e. The lowest BCUT2D eigenvalue weighted by atomic mass is 9.90. The third kappa shape index (κ3) is 6.17. The molecular formula is C28H36O5. The number of carbonyl (C=O) groups excluding carboxylic acids is 1. The van der Waals surface area contributed by atoms with Crippen molar-refractivity contribution in [3.8, 4) is 5.75 Å². The number of rotatable bonds is 9. The second kappa shape index (κ2) is 10.4. The lowest BCUT2D eigenvalue weighted by Crippen LogP contribution is -2.32. The van der Waals surface area contributed by atoms with Crippen LogP contribution in [0.4, 0.5) is 0 Å². The molecule has 0 saturated heterocycles. The Balaban J connectivity index is 1.65. The SMILES string of the molecule is CCC(CCc1ccc(OCC(O)C(C)(C)C)c(C)c1)c1cc2cc(C(=O)OC)ccc2o1. The number of esters is 1. The fourth-order valence-electron chi connectivity index (χ4n) is 3.85. The van der Waals surface area contributed by atoms with Crippen LogP contribution < -0.4 is 4.74 Å². The van der Waals surface area contributed by atoms with Gasteiger partial charge in [-0.2, -0.15) is 0 Å². The number of furan rings is 1. The summed E-state index contributed by atoms with van der Waals surface area (Å²) in [6.45, 7) is 10.5. The zero-order valence-corrected chi connectivity index (χ0v) is 20.6. The van der Waals surface area contributed by atoms with Gasteiger partial charge in [-0.05, 0) is 73.1 Å². The van der Waals surface area contributed by atoms with Crippen molar-refractivity contribution in [1.82, 2.24) is 0 Å². The Hall–Kier alpha value is -2.79. The van der Waals surface area contributed by atoms with Gasteiger partial charge in [-0.3, -0.25) is 0 Å². The molecule has 178 valence electrons. The van der Waals surface area contributed by atoms with Gasteiger partial charge in [-0.25, -0.2) is 4.79 Å². The van der Waals surface area contributed by atoms with Gasteiger partial charge in [0.1, 0.15) is 23.7 Å². The molecule has 2 unspecified atom stereocenters. The molecule has 0 bridgehead atoms. The Kier molecular flexibility index (Phi) is 7.85. The number of aliphatic hydroxyl groups excluding tert-OH is 1. The predicted molar refractivity (Wildman–Crippen MR) is 131 cm³/mol. The van der Waals surface area contributed by atoms with Crippen LogP contribution in [-0.2, 0) is 11.2 Å². The molecule has 0 spiro atoms. The van der Waals surface area contributed by atoms with E-state index in [1.165, 1.54) is 12.7 Å². The Morgan fingerprint density at radius 3 is 2.52 bits per heavy atom. The maximum Gasteiger partial charge on any atom is 0.337 e. The normalized spacial score (nSPS) is 13.7. The number of aliphatic hydroxyl groups is 1. The molecule has 0 aliphatic heterocycles. The molecule has 0 aliphatic rings. The summed E-state index contributed by atoms with van der Waals surface area (Å²) >= 11 is 0. The fourth-order valence-corrected chi connectivity index (χ4v) is 3.85. The number of carbonyl (C=O) groups is 1. The number of benzene rings is 2. The molecule has 0 fully saturated rings. The summed E-state index contributed by atoms with van der Waals surface area (Å²) in [5.74, 6) is 1.70. The zero-order valence-electron chi connectivity index (χ0n) is 20.6. The molecule has 5 nitrogen and oxygen atoms in total. The molecule has 0 radical (unpaired) electrons. The van der Waals surface area contributed by atoms with Crippen LogP contribution in [0.2, 0.25) is 0 Å². The van der Waals surface area contributed by atoms with Gasteiger partial charge in [0.25, 0.3) is 0 Å². The molecule has 1 heterocycles. The van der Waals surface area contributed by atoms with Crippen LogP contribution in [0, 0.1) is 12.3 Å². The summed E-state index contributed by atoms with van der Waals surface area (Å²) in [4.78, 5) is 11.8. The van der Waals surface area contributed by atoms with Crippen molar-refractivity contribution in [3.05, 3.63) is 64.9 Å². The average molecular weight is 453 g/mol. The number of ether oxygens (including phenoxy) is 2. The third-order valence-corrected chi connectivity index (χ3v) is 6.27. The molecule has 5 heteroatoms. The van der Waals surface area contributed by atoms with Gasteiger partial charge >= 0.3 is 5.97 Å². The minimum atomic E-state index is -0.519. The van der Waals surface area contributed by atoms with E-state index in [0.717, 1.165) is 47.3 Å². The molecule has 0 saturated carbocycles. The minimum absolute atomic E-state index is 0.208. The highest BCUT2D eigenvalue weighted by atomic mass is 16.5. The van der Waals surface area contributed by atoms with Gasteiger partial charge in [-0.1, -0.05) is 39.8 Å². The van der Waals surface area contributed by atoms with Crippen LogP contribution in [-0.4, -0.2) is 30.9 Å². The molecule has 2 atom stereocenters. The Morgan fingerprint density at radius 2 is 1.88 bits per heavy atom. The summed E-state index contributed by atoms with van der Waals surface area (Å²) in [5, 5.41) is 11.1. The molecule has 3 rings (SSSR count). The molecule has 0 amide bonds. The zero-order chi connectivity index (χ0) is 24.2. The first-order valence-electron chi connectivity index (χ1n) is 11.6. The summed E-state index contributed by atoms with van der Waals surface area (Å²) in [5.41, 5.74) is 3.42. The van der Waals surface area contributed by atoms with E-state index in [1.54, 1.807) is 6.07 Å². The minimum Gasteiger partial charge on any atom is -0.491 e. The molecule has 1 N–H and O–H groups in total. The highest BCUT2D eigenvalue weighted by Crippen LogP contribution is 2.32. The standard InChI is InChI=1S/C28H36O5/c1-7-20(25-16-22-15-21(27(30)31-6)11-13-24(22)33-25)10-8-19-9-12-23(18(2)14-19)32-17-26(29)28(3,4)5/h9,11-16,20,26,29H,7-8,10,17H2,1-6H3. The van der Waals surface area contributed by atoms with E-state index >= 15 is 0 Å². The average Bonchev–Trinajstić information content (AvgIpc) is 3.20. The number of hydrogen-bond donors (Lipinski definition) is 1. The molecular weight excluding hydrogens is 416 g/mol. The predicted octanol–water partition coefficient (Wildman–Crippen LogP) is 6.44. The maximum atomic E-state index is 11.8. The van der Waals surface area contributed by atoms with Crippen molar-refractivity contribution in [1.29, 1.82) is 0 Å². The molecule has 1 aromatic heterocycles. The van der Waals surface area contributed by atoms with Crippen molar-refractivity contribution in [3.63, 3.8) is 0 Å². The van der Waals surface area contributed by atoms with Crippen LogP contribution in [0.1, 0.15) is 73.7 Å². The lowest BCUT2D eigenvalue weighted by molar-refractivity contribution is 0.0216. The summed E-state index contributed by atoms with van der Waals surface area (Å²) in [6.07, 6.45) is 2.33. The van der Waals surface area contributed by atoms with Crippen molar-refractivity contribution >= 4 is 16.9 Å². The van der Waals surface area contributed by atoms with E-state index in [2.05, 4.69) is 19.1 Å². The third-order valence-electron chi connectivity index (χ3n) is 6.27. The van der Waals surface area contributed by atoms with Crippen LogP contribution in [0.15, 0.2) is 46.9 Å². The van der Waals surface area contributed by atoms with Crippen LogP contribution in [0.25, 0.3) is 11.0 Å². The van der Waals surface area contributed by atoms with Crippen molar-refractivity contribution < 1.29 is 23.8 Å². The van der Waals surface area contributed by atoms with Crippen molar-refractivity contribution in [2.24, 2.45) is 5.41 Å². The number of aryl methyl sites for hydroxylation is 2. The monoisotopic (exact) mass is 452 g/mol. The van der Waals surface area contributed by atoms with Crippen LogP contribution in [0.5, 0.6) is 5.75 Å².